The number of carbonyl (C=O) groups excluding carboxylic acids is 1. The molecule has 0 saturated heterocycles. The summed E-state index contributed by atoms with van der Waals surface area (Å²) < 4.78 is 4.78. The molecule has 0 aromatic carbocycles. The minimum absolute atomic E-state index is 0.173. The maximum Gasteiger partial charge on any atom is 0.145 e. The molecule has 0 fully saturated rings. The van der Waals surface area contributed by atoms with Crippen molar-refractivity contribution < 1.29 is 9.53 Å². The van der Waals surface area contributed by atoms with Crippen molar-refractivity contribution in [3.05, 3.63) is 12.2 Å². The van der Waals surface area contributed by atoms with Crippen LogP contribution in [0.3, 0.4) is 0 Å². The van der Waals surface area contributed by atoms with Gasteiger partial charge in [0.2, 0.25) is 0 Å². The van der Waals surface area contributed by atoms with Gasteiger partial charge >= 0.3 is 0 Å². The predicted molar refractivity (Wildman–Crippen MR) is 31.7 cm³/mol. The summed E-state index contributed by atoms with van der Waals surface area (Å²) >= 11 is 0. The van der Waals surface area contributed by atoms with Crippen LogP contribution in [0.5, 0.6) is 0 Å². The number of carbonyl (C=O) groups is 1. The van der Waals surface area contributed by atoms with Crippen molar-refractivity contribution in [1.82, 2.24) is 0 Å². The minimum Gasteiger partial charge on any atom is -0.370 e. The topological polar surface area (TPSA) is 26.3 Å². The molecule has 0 N–H and O–H groups in total. The predicted octanol–water partition coefficient (Wildman–Crippen LogP) is 0.778. The standard InChI is InChI=1S/C6H10O2/c1-6(2)5-8-4-3-7/h3H,1,4-5H2,2H3. The number of ether oxygens (including phenoxy) is 1. The van der Waals surface area contributed by atoms with Gasteiger partial charge in [-0.05, 0) is 6.92 Å². The molecule has 0 aromatic rings. The lowest BCUT2D eigenvalue weighted by Crippen LogP contribution is -1.96. The van der Waals surface area contributed by atoms with Crippen LogP contribution in [0.4, 0.5) is 0 Å². The molecule has 2 nitrogen and oxygen atoms in total. The van der Waals surface area contributed by atoms with Gasteiger partial charge in [0.1, 0.15) is 12.9 Å². The maximum absolute atomic E-state index is 9.63. The Morgan fingerprint density at radius 2 is 2.50 bits per heavy atom. The monoisotopic (exact) mass is 114 g/mol. The van der Waals surface area contributed by atoms with Crippen LogP contribution in [0.1, 0.15) is 6.92 Å². The number of rotatable bonds is 4. The summed E-state index contributed by atoms with van der Waals surface area (Å²) in [6, 6.07) is 0. The van der Waals surface area contributed by atoms with E-state index in [2.05, 4.69) is 6.58 Å². The van der Waals surface area contributed by atoms with Crippen LogP contribution in [-0.4, -0.2) is 19.5 Å². The van der Waals surface area contributed by atoms with E-state index in [9.17, 15) is 4.79 Å². The van der Waals surface area contributed by atoms with Crippen molar-refractivity contribution in [2.75, 3.05) is 13.2 Å². The molecule has 0 radical (unpaired) electrons. The maximum atomic E-state index is 9.63. The molecule has 8 heavy (non-hydrogen) atoms. The molecule has 0 amide bonds. The van der Waals surface area contributed by atoms with Crippen molar-refractivity contribution in [3.8, 4) is 0 Å². The highest BCUT2D eigenvalue weighted by atomic mass is 16.5. The van der Waals surface area contributed by atoms with Gasteiger partial charge in [0.25, 0.3) is 0 Å². The zero-order chi connectivity index (χ0) is 6.41. The summed E-state index contributed by atoms with van der Waals surface area (Å²) in [6.45, 7) is 6.10. The summed E-state index contributed by atoms with van der Waals surface area (Å²) in [7, 11) is 0. The van der Waals surface area contributed by atoms with Gasteiger partial charge in [-0.25, -0.2) is 0 Å². The van der Waals surface area contributed by atoms with E-state index < -0.39 is 0 Å². The lowest BCUT2D eigenvalue weighted by Gasteiger charge is -1.95. The molecule has 0 saturated carbocycles. The van der Waals surface area contributed by atoms with Crippen molar-refractivity contribution in [2.45, 2.75) is 6.92 Å². The van der Waals surface area contributed by atoms with Crippen LogP contribution in [0.15, 0.2) is 12.2 Å². The third-order valence-corrected chi connectivity index (χ3v) is 0.534. The van der Waals surface area contributed by atoms with Gasteiger partial charge in [-0.3, -0.25) is 0 Å². The molecule has 0 atom stereocenters. The highest BCUT2D eigenvalue weighted by molar-refractivity contribution is 5.50. The molecule has 0 heterocycles. The first-order chi connectivity index (χ1) is 3.77. The van der Waals surface area contributed by atoms with Gasteiger partial charge in [0, 0.05) is 0 Å². The largest absolute Gasteiger partial charge is 0.370 e. The van der Waals surface area contributed by atoms with E-state index in [4.69, 9.17) is 4.74 Å². The Bertz CT molecular complexity index is 86.5. The Morgan fingerprint density at radius 3 is 2.88 bits per heavy atom. The zero-order valence-corrected chi connectivity index (χ0v) is 5.02. The Kier molecular flexibility index (Phi) is 4.17. The summed E-state index contributed by atoms with van der Waals surface area (Å²) in [5.41, 5.74) is 0.937. The minimum atomic E-state index is 0.173. The average molecular weight is 114 g/mol. The van der Waals surface area contributed by atoms with E-state index in [1.807, 2.05) is 6.92 Å². The Morgan fingerprint density at radius 1 is 1.88 bits per heavy atom. The van der Waals surface area contributed by atoms with Crippen LogP contribution in [0, 0.1) is 0 Å². The van der Waals surface area contributed by atoms with E-state index in [-0.39, 0.29) is 6.61 Å². The quantitative estimate of drug-likeness (QED) is 0.306. The Labute approximate surface area is 49.1 Å². The van der Waals surface area contributed by atoms with Gasteiger partial charge in [0.05, 0.1) is 6.61 Å². The van der Waals surface area contributed by atoms with Gasteiger partial charge in [-0.2, -0.15) is 0 Å². The summed E-state index contributed by atoms with van der Waals surface area (Å²) in [5.74, 6) is 0. The third-order valence-electron chi connectivity index (χ3n) is 0.534. The number of aldehydes is 1. The molecule has 0 aliphatic carbocycles. The van der Waals surface area contributed by atoms with E-state index in [0.717, 1.165) is 11.9 Å². The average Bonchev–Trinajstić information content (AvgIpc) is 1.66. The van der Waals surface area contributed by atoms with E-state index in [1.165, 1.54) is 0 Å². The fourth-order valence-electron chi connectivity index (χ4n) is 0.281. The van der Waals surface area contributed by atoms with Crippen LogP contribution in [0.25, 0.3) is 0 Å². The van der Waals surface area contributed by atoms with E-state index in [1.54, 1.807) is 0 Å². The van der Waals surface area contributed by atoms with Gasteiger partial charge < -0.3 is 9.53 Å². The fourth-order valence-corrected chi connectivity index (χ4v) is 0.281. The molecule has 0 aromatic heterocycles. The number of hydrogen-bond acceptors (Lipinski definition) is 2. The fraction of sp³-hybridized carbons (Fsp3) is 0.500. The smallest absolute Gasteiger partial charge is 0.145 e. The van der Waals surface area contributed by atoms with Crippen LogP contribution >= 0.6 is 0 Å². The Hall–Kier alpha value is -0.630. The van der Waals surface area contributed by atoms with Gasteiger partial charge in [0.15, 0.2) is 0 Å². The highest BCUT2D eigenvalue weighted by Gasteiger charge is 1.82. The second-order valence-electron chi connectivity index (χ2n) is 1.64. The molecule has 0 rings (SSSR count). The summed E-state index contributed by atoms with van der Waals surface area (Å²) in [6.07, 6.45) is 0.725. The Balaban J connectivity index is 2.93. The lowest BCUT2D eigenvalue weighted by atomic mass is 10.4. The van der Waals surface area contributed by atoms with E-state index in [0.29, 0.717) is 6.61 Å². The molecular weight excluding hydrogens is 104 g/mol. The molecule has 46 valence electrons. The SMILES string of the molecule is C=C(C)COCC=O. The first kappa shape index (κ1) is 7.37. The third kappa shape index (κ3) is 5.37. The molecule has 0 aliphatic heterocycles. The van der Waals surface area contributed by atoms with Crippen LogP contribution < -0.4 is 0 Å². The lowest BCUT2D eigenvalue weighted by molar-refractivity contribution is -0.111. The van der Waals surface area contributed by atoms with Crippen molar-refractivity contribution in [3.63, 3.8) is 0 Å². The van der Waals surface area contributed by atoms with Crippen molar-refractivity contribution in [1.29, 1.82) is 0 Å². The van der Waals surface area contributed by atoms with Gasteiger partial charge in [-0.15, -0.1) is 0 Å². The number of hydrogen-bond donors (Lipinski definition) is 0. The molecule has 2 heteroatoms. The molecule has 0 bridgehead atoms. The zero-order valence-electron chi connectivity index (χ0n) is 5.02. The summed E-state index contributed by atoms with van der Waals surface area (Å²) in [4.78, 5) is 9.63. The van der Waals surface area contributed by atoms with E-state index >= 15 is 0 Å². The van der Waals surface area contributed by atoms with Gasteiger partial charge in [-0.1, -0.05) is 12.2 Å². The van der Waals surface area contributed by atoms with Crippen molar-refractivity contribution in [2.24, 2.45) is 0 Å². The van der Waals surface area contributed by atoms with Crippen LogP contribution in [-0.2, 0) is 9.53 Å². The molecule has 0 spiro atoms. The first-order valence-electron chi connectivity index (χ1n) is 2.43. The normalized spacial score (nSPS) is 8.62. The molecular formula is C6H10O2. The highest BCUT2D eigenvalue weighted by Crippen LogP contribution is 1.85. The van der Waals surface area contributed by atoms with Crippen LogP contribution in [0.2, 0.25) is 0 Å². The second-order valence-corrected chi connectivity index (χ2v) is 1.64. The first-order valence-corrected chi connectivity index (χ1v) is 2.43. The second kappa shape index (κ2) is 4.53. The summed E-state index contributed by atoms with van der Waals surface area (Å²) in [5, 5.41) is 0. The molecule has 0 unspecified atom stereocenters. The van der Waals surface area contributed by atoms with Crippen molar-refractivity contribution >= 4 is 6.29 Å². The molecule has 0 aliphatic rings.